The van der Waals surface area contributed by atoms with E-state index < -0.39 is 5.97 Å². The van der Waals surface area contributed by atoms with Gasteiger partial charge in [-0.15, -0.1) is 10.2 Å². The summed E-state index contributed by atoms with van der Waals surface area (Å²) in [7, 11) is 0. The number of anilines is 1. The number of aliphatic carboxylic acids is 1. The van der Waals surface area contributed by atoms with Crippen molar-refractivity contribution in [3.05, 3.63) is 69.7 Å². The van der Waals surface area contributed by atoms with E-state index in [2.05, 4.69) is 15.5 Å². The first-order valence-electron chi connectivity index (χ1n) is 8.63. The van der Waals surface area contributed by atoms with Gasteiger partial charge in [-0.3, -0.25) is 9.59 Å². The SMILES string of the molecule is Cc1cccc(NC(=O)c2nnc(COc3ccc(CCC(=O)O)cc3)s2)c1. The number of carboxylic acids is 1. The van der Waals surface area contributed by atoms with Crippen LogP contribution in [0, 0.1) is 6.92 Å². The van der Waals surface area contributed by atoms with Gasteiger partial charge in [0.1, 0.15) is 12.4 Å². The van der Waals surface area contributed by atoms with Gasteiger partial charge in [0.15, 0.2) is 5.01 Å². The zero-order valence-corrected chi connectivity index (χ0v) is 16.0. The lowest BCUT2D eigenvalue weighted by Crippen LogP contribution is -2.11. The van der Waals surface area contributed by atoms with E-state index in [1.54, 1.807) is 12.1 Å². The first-order valence-corrected chi connectivity index (χ1v) is 9.45. The van der Waals surface area contributed by atoms with Crippen molar-refractivity contribution >= 4 is 28.9 Å². The lowest BCUT2D eigenvalue weighted by molar-refractivity contribution is -0.136. The summed E-state index contributed by atoms with van der Waals surface area (Å²) in [6.45, 7) is 2.15. The van der Waals surface area contributed by atoms with Crippen molar-refractivity contribution in [3.8, 4) is 5.75 Å². The third-order valence-electron chi connectivity index (χ3n) is 3.85. The van der Waals surface area contributed by atoms with Gasteiger partial charge in [0.25, 0.3) is 5.91 Å². The molecular formula is C20H19N3O4S. The van der Waals surface area contributed by atoms with E-state index in [0.29, 0.717) is 22.9 Å². The molecule has 7 nitrogen and oxygen atoms in total. The van der Waals surface area contributed by atoms with Crippen LogP contribution in [0.2, 0.25) is 0 Å². The molecule has 8 heteroatoms. The quantitative estimate of drug-likeness (QED) is 0.601. The summed E-state index contributed by atoms with van der Waals surface area (Å²) in [4.78, 5) is 22.9. The topological polar surface area (TPSA) is 101 Å². The number of aromatic nitrogens is 2. The Morgan fingerprint density at radius 3 is 2.64 bits per heavy atom. The molecule has 0 atom stereocenters. The van der Waals surface area contributed by atoms with Gasteiger partial charge < -0.3 is 15.2 Å². The highest BCUT2D eigenvalue weighted by molar-refractivity contribution is 7.13. The molecule has 144 valence electrons. The zero-order chi connectivity index (χ0) is 19.9. The maximum Gasteiger partial charge on any atom is 0.303 e. The standard InChI is InChI=1S/C20H19N3O4S/c1-13-3-2-4-15(11-13)21-19(26)20-23-22-17(28-20)12-27-16-8-5-14(6-9-16)7-10-18(24)25/h2-6,8-9,11H,7,10,12H2,1H3,(H,21,26)(H,24,25). The van der Waals surface area contributed by atoms with Crippen LogP contribution in [-0.2, 0) is 17.8 Å². The molecular weight excluding hydrogens is 378 g/mol. The average molecular weight is 397 g/mol. The number of rotatable bonds is 8. The number of hydrogen-bond donors (Lipinski definition) is 2. The molecule has 0 aliphatic heterocycles. The van der Waals surface area contributed by atoms with E-state index >= 15 is 0 Å². The lowest BCUT2D eigenvalue weighted by atomic mass is 10.1. The number of carboxylic acid groups (broad SMARTS) is 1. The number of nitrogens with one attached hydrogen (secondary N) is 1. The first kappa shape index (κ1) is 19.5. The van der Waals surface area contributed by atoms with Crippen LogP contribution >= 0.6 is 11.3 Å². The fraction of sp³-hybridized carbons (Fsp3) is 0.200. The second kappa shape index (κ2) is 9.09. The molecule has 1 heterocycles. The number of carbonyl (C=O) groups excluding carboxylic acids is 1. The lowest BCUT2D eigenvalue weighted by Gasteiger charge is -2.05. The van der Waals surface area contributed by atoms with Crippen molar-refractivity contribution in [2.75, 3.05) is 5.32 Å². The van der Waals surface area contributed by atoms with E-state index in [1.807, 2.05) is 43.3 Å². The molecule has 1 amide bonds. The van der Waals surface area contributed by atoms with Crippen LogP contribution in [0.4, 0.5) is 5.69 Å². The Morgan fingerprint density at radius 2 is 1.93 bits per heavy atom. The van der Waals surface area contributed by atoms with E-state index in [4.69, 9.17) is 9.84 Å². The van der Waals surface area contributed by atoms with Gasteiger partial charge in [0.05, 0.1) is 0 Å². The summed E-state index contributed by atoms with van der Waals surface area (Å²) in [5.74, 6) is -0.490. The predicted molar refractivity (Wildman–Crippen MR) is 106 cm³/mol. The van der Waals surface area contributed by atoms with Crippen LogP contribution < -0.4 is 10.1 Å². The molecule has 3 aromatic rings. The average Bonchev–Trinajstić information content (AvgIpc) is 3.15. The molecule has 0 radical (unpaired) electrons. The number of nitrogens with zero attached hydrogens (tertiary/aromatic N) is 2. The molecule has 1 aromatic heterocycles. The van der Waals surface area contributed by atoms with Crippen LogP contribution in [0.1, 0.15) is 32.4 Å². The summed E-state index contributed by atoms with van der Waals surface area (Å²) in [5.41, 5.74) is 2.69. The summed E-state index contributed by atoms with van der Waals surface area (Å²) in [6, 6.07) is 14.7. The fourth-order valence-electron chi connectivity index (χ4n) is 2.46. The summed E-state index contributed by atoms with van der Waals surface area (Å²) in [5, 5.41) is 20.3. The van der Waals surface area contributed by atoms with Crippen molar-refractivity contribution in [2.24, 2.45) is 0 Å². The smallest absolute Gasteiger partial charge is 0.303 e. The third kappa shape index (κ3) is 5.62. The highest BCUT2D eigenvalue weighted by atomic mass is 32.1. The summed E-state index contributed by atoms with van der Waals surface area (Å²) >= 11 is 1.17. The van der Waals surface area contributed by atoms with Gasteiger partial charge in [-0.05, 0) is 48.7 Å². The Kier molecular flexibility index (Phi) is 6.33. The molecule has 0 saturated heterocycles. The van der Waals surface area contributed by atoms with Crippen LogP contribution in [0.15, 0.2) is 48.5 Å². The minimum atomic E-state index is -0.821. The van der Waals surface area contributed by atoms with Gasteiger partial charge in [-0.2, -0.15) is 0 Å². The number of carbonyl (C=O) groups is 2. The second-order valence-corrected chi connectivity index (χ2v) is 7.21. The molecule has 3 rings (SSSR count). The highest BCUT2D eigenvalue weighted by Gasteiger charge is 2.13. The Hall–Kier alpha value is -3.26. The minimum Gasteiger partial charge on any atom is -0.486 e. The molecule has 0 aliphatic rings. The van der Waals surface area contributed by atoms with Crippen LogP contribution in [0.5, 0.6) is 5.75 Å². The maximum absolute atomic E-state index is 12.3. The van der Waals surface area contributed by atoms with Gasteiger partial charge in [-0.1, -0.05) is 35.6 Å². The molecule has 2 N–H and O–H groups in total. The Bertz CT molecular complexity index is 970. The number of aryl methyl sites for hydroxylation is 2. The van der Waals surface area contributed by atoms with Gasteiger partial charge in [0, 0.05) is 12.1 Å². The molecule has 2 aromatic carbocycles. The zero-order valence-electron chi connectivity index (χ0n) is 15.2. The largest absolute Gasteiger partial charge is 0.486 e. The van der Waals surface area contributed by atoms with Gasteiger partial charge >= 0.3 is 5.97 Å². The first-order chi connectivity index (χ1) is 13.5. The monoisotopic (exact) mass is 397 g/mol. The molecule has 28 heavy (non-hydrogen) atoms. The number of amides is 1. The molecule has 0 spiro atoms. The van der Waals surface area contributed by atoms with Crippen LogP contribution in [0.3, 0.4) is 0 Å². The second-order valence-electron chi connectivity index (χ2n) is 6.15. The Labute approximate surface area is 166 Å². The maximum atomic E-state index is 12.3. The highest BCUT2D eigenvalue weighted by Crippen LogP contribution is 2.18. The molecule has 0 aliphatic carbocycles. The van der Waals surface area contributed by atoms with E-state index in [-0.39, 0.29) is 23.9 Å². The van der Waals surface area contributed by atoms with E-state index in [0.717, 1.165) is 11.1 Å². The molecule has 0 saturated carbocycles. The van der Waals surface area contributed by atoms with Crippen molar-refractivity contribution in [1.29, 1.82) is 0 Å². The van der Waals surface area contributed by atoms with Gasteiger partial charge in [0.2, 0.25) is 5.01 Å². The summed E-state index contributed by atoms with van der Waals surface area (Å²) < 4.78 is 5.66. The fourth-order valence-corrected chi connectivity index (χ4v) is 3.11. The molecule has 0 bridgehead atoms. The van der Waals surface area contributed by atoms with Crippen molar-refractivity contribution in [3.63, 3.8) is 0 Å². The minimum absolute atomic E-state index is 0.0956. The number of ether oxygens (including phenoxy) is 1. The van der Waals surface area contributed by atoms with Gasteiger partial charge in [-0.25, -0.2) is 0 Å². The normalized spacial score (nSPS) is 10.5. The van der Waals surface area contributed by atoms with Crippen LogP contribution in [0.25, 0.3) is 0 Å². The van der Waals surface area contributed by atoms with Crippen molar-refractivity contribution < 1.29 is 19.4 Å². The van der Waals surface area contributed by atoms with E-state index in [9.17, 15) is 9.59 Å². The Balaban J connectivity index is 1.53. The van der Waals surface area contributed by atoms with E-state index in [1.165, 1.54) is 11.3 Å². The van der Waals surface area contributed by atoms with Crippen LogP contribution in [-0.4, -0.2) is 27.2 Å². The third-order valence-corrected chi connectivity index (χ3v) is 4.75. The molecule has 0 unspecified atom stereocenters. The number of hydrogen-bond acceptors (Lipinski definition) is 6. The van der Waals surface area contributed by atoms with Crippen molar-refractivity contribution in [1.82, 2.24) is 10.2 Å². The van der Waals surface area contributed by atoms with Crippen molar-refractivity contribution in [2.45, 2.75) is 26.4 Å². The molecule has 0 fully saturated rings. The number of benzene rings is 2. The predicted octanol–water partition coefficient (Wildman–Crippen LogP) is 3.70. The summed E-state index contributed by atoms with van der Waals surface area (Å²) in [6.07, 6.45) is 0.573. The Morgan fingerprint density at radius 1 is 1.14 bits per heavy atom.